The highest BCUT2D eigenvalue weighted by atomic mass is 32.1. The second kappa shape index (κ2) is 9.72. The molecular weight excluding hydrogens is 463 g/mol. The van der Waals surface area contributed by atoms with E-state index in [1.165, 1.54) is 23.5 Å². The van der Waals surface area contributed by atoms with Gasteiger partial charge in [0.15, 0.2) is 0 Å². The quantitative estimate of drug-likeness (QED) is 0.432. The molecule has 2 N–H and O–H groups in total. The Hall–Kier alpha value is -3.96. The lowest BCUT2D eigenvalue weighted by molar-refractivity contribution is 0.0935. The minimum Gasteiger partial charge on any atom is -0.370 e. The molecule has 6 nitrogen and oxygen atoms in total. The van der Waals surface area contributed by atoms with Gasteiger partial charge in [0, 0.05) is 24.5 Å². The SMILES string of the molecule is N#Cc1c(N2CCC(NC(=O)c3cccs3)CC2)c2ccc(Cc3ccc(F)cc3)cc2[nH]c1=O. The number of hydrogen-bond acceptors (Lipinski definition) is 5. The molecule has 1 fully saturated rings. The number of fused-ring (bicyclic) bond motifs is 1. The van der Waals surface area contributed by atoms with Crippen molar-refractivity contribution in [2.24, 2.45) is 0 Å². The molecule has 5 rings (SSSR count). The molecule has 176 valence electrons. The molecule has 2 aromatic heterocycles. The van der Waals surface area contributed by atoms with Crippen LogP contribution in [0.5, 0.6) is 0 Å². The van der Waals surface area contributed by atoms with Gasteiger partial charge in [0.1, 0.15) is 17.4 Å². The lowest BCUT2D eigenvalue weighted by atomic mass is 9.99. The zero-order valence-electron chi connectivity index (χ0n) is 18.9. The number of rotatable bonds is 5. The first kappa shape index (κ1) is 22.8. The molecule has 1 amide bonds. The first-order valence-electron chi connectivity index (χ1n) is 11.4. The van der Waals surface area contributed by atoms with E-state index in [2.05, 4.69) is 21.3 Å². The van der Waals surface area contributed by atoms with Crippen LogP contribution >= 0.6 is 11.3 Å². The van der Waals surface area contributed by atoms with E-state index in [0.717, 1.165) is 29.4 Å². The number of anilines is 1. The predicted octanol–water partition coefficient (Wildman–Crippen LogP) is 4.59. The van der Waals surface area contributed by atoms with E-state index in [0.29, 0.717) is 35.6 Å². The molecule has 1 aliphatic rings. The van der Waals surface area contributed by atoms with Gasteiger partial charge in [-0.15, -0.1) is 11.3 Å². The van der Waals surface area contributed by atoms with Crippen LogP contribution in [0.3, 0.4) is 0 Å². The van der Waals surface area contributed by atoms with Crippen LogP contribution in [0.1, 0.15) is 39.2 Å². The monoisotopic (exact) mass is 486 g/mol. The Balaban J connectivity index is 1.39. The summed E-state index contributed by atoms with van der Waals surface area (Å²) < 4.78 is 13.2. The van der Waals surface area contributed by atoms with Gasteiger partial charge in [0.05, 0.1) is 16.1 Å². The van der Waals surface area contributed by atoms with Crippen molar-refractivity contribution in [2.75, 3.05) is 18.0 Å². The average molecular weight is 487 g/mol. The molecule has 1 aliphatic heterocycles. The number of H-pyrrole nitrogens is 1. The molecule has 8 heteroatoms. The summed E-state index contributed by atoms with van der Waals surface area (Å²) in [6.45, 7) is 1.25. The largest absolute Gasteiger partial charge is 0.370 e. The summed E-state index contributed by atoms with van der Waals surface area (Å²) in [5, 5.41) is 15.5. The van der Waals surface area contributed by atoms with Crippen LogP contribution in [0.4, 0.5) is 10.1 Å². The lowest BCUT2D eigenvalue weighted by Gasteiger charge is -2.34. The summed E-state index contributed by atoms with van der Waals surface area (Å²) in [7, 11) is 0. The molecule has 3 heterocycles. The molecule has 0 radical (unpaired) electrons. The third-order valence-corrected chi connectivity index (χ3v) is 7.24. The summed E-state index contributed by atoms with van der Waals surface area (Å²) in [4.78, 5) is 30.8. The number of carbonyl (C=O) groups is 1. The molecule has 35 heavy (non-hydrogen) atoms. The van der Waals surface area contributed by atoms with E-state index < -0.39 is 5.56 Å². The molecule has 1 saturated heterocycles. The standard InChI is InChI=1S/C27H23FN4O2S/c28-19-6-3-17(4-7-19)14-18-5-8-21-23(15-18)31-26(33)22(16-29)25(21)32-11-9-20(10-12-32)30-27(34)24-2-1-13-35-24/h1-8,13,15,20H,9-12,14H2,(H,30,34)(H,31,33). The third kappa shape index (κ3) is 4.81. The van der Waals surface area contributed by atoms with E-state index >= 15 is 0 Å². The molecule has 0 atom stereocenters. The van der Waals surface area contributed by atoms with Gasteiger partial charge in [-0.05, 0) is 60.0 Å². The van der Waals surface area contributed by atoms with Crippen LogP contribution < -0.4 is 15.8 Å². The van der Waals surface area contributed by atoms with E-state index in [1.54, 1.807) is 18.2 Å². The van der Waals surface area contributed by atoms with Crippen molar-refractivity contribution in [2.45, 2.75) is 25.3 Å². The number of carbonyl (C=O) groups excluding carboxylic acids is 1. The molecule has 2 aromatic carbocycles. The maximum Gasteiger partial charge on any atom is 0.268 e. The lowest BCUT2D eigenvalue weighted by Crippen LogP contribution is -2.45. The topological polar surface area (TPSA) is 89.0 Å². The van der Waals surface area contributed by atoms with Crippen molar-refractivity contribution in [1.82, 2.24) is 10.3 Å². The minimum atomic E-state index is -0.415. The van der Waals surface area contributed by atoms with Crippen LogP contribution in [0, 0.1) is 17.1 Å². The predicted molar refractivity (Wildman–Crippen MR) is 136 cm³/mol. The zero-order valence-corrected chi connectivity index (χ0v) is 19.7. The zero-order chi connectivity index (χ0) is 24.4. The molecule has 4 aromatic rings. The molecule has 0 saturated carbocycles. The van der Waals surface area contributed by atoms with Gasteiger partial charge < -0.3 is 15.2 Å². The van der Waals surface area contributed by atoms with Gasteiger partial charge in [0.25, 0.3) is 11.5 Å². The van der Waals surface area contributed by atoms with Crippen LogP contribution in [0.2, 0.25) is 0 Å². The number of piperidine rings is 1. The summed E-state index contributed by atoms with van der Waals surface area (Å²) in [6.07, 6.45) is 2.04. The number of hydrogen-bond donors (Lipinski definition) is 2. The van der Waals surface area contributed by atoms with Gasteiger partial charge in [-0.1, -0.05) is 30.3 Å². The summed E-state index contributed by atoms with van der Waals surface area (Å²) in [5.74, 6) is -0.341. The molecule has 0 bridgehead atoms. The fraction of sp³-hybridized carbons (Fsp3) is 0.222. The Morgan fingerprint density at radius 3 is 2.57 bits per heavy atom. The van der Waals surface area contributed by atoms with Gasteiger partial charge in [-0.3, -0.25) is 9.59 Å². The number of thiophene rings is 1. The van der Waals surface area contributed by atoms with Crippen LogP contribution in [0.15, 0.2) is 64.8 Å². The first-order chi connectivity index (χ1) is 17.0. The Morgan fingerprint density at radius 2 is 1.89 bits per heavy atom. The van der Waals surface area contributed by atoms with E-state index in [-0.39, 0.29) is 23.3 Å². The molecule has 0 unspecified atom stereocenters. The number of aromatic nitrogens is 1. The van der Waals surface area contributed by atoms with Gasteiger partial charge in [-0.25, -0.2) is 4.39 Å². The second-order valence-corrected chi connectivity index (χ2v) is 9.63. The molecule has 0 spiro atoms. The van der Waals surface area contributed by atoms with Gasteiger partial charge in [0.2, 0.25) is 0 Å². The highest BCUT2D eigenvalue weighted by Crippen LogP contribution is 2.31. The van der Waals surface area contributed by atoms with Crippen LogP contribution in [0.25, 0.3) is 10.9 Å². The normalized spacial score (nSPS) is 14.1. The smallest absolute Gasteiger partial charge is 0.268 e. The number of nitrogens with zero attached hydrogens (tertiary/aromatic N) is 2. The minimum absolute atomic E-state index is 0.0435. The van der Waals surface area contributed by atoms with Gasteiger partial charge in [-0.2, -0.15) is 5.26 Å². The maximum atomic E-state index is 13.2. The Morgan fingerprint density at radius 1 is 1.14 bits per heavy atom. The number of pyridine rings is 1. The highest BCUT2D eigenvalue weighted by Gasteiger charge is 2.25. The summed E-state index contributed by atoms with van der Waals surface area (Å²) in [5.41, 5.74) is 2.94. The van der Waals surface area contributed by atoms with Crippen molar-refractivity contribution in [3.63, 3.8) is 0 Å². The maximum absolute atomic E-state index is 13.2. The third-order valence-electron chi connectivity index (χ3n) is 6.38. The van der Waals surface area contributed by atoms with E-state index in [4.69, 9.17) is 0 Å². The molecule has 0 aliphatic carbocycles. The number of nitriles is 1. The highest BCUT2D eigenvalue weighted by molar-refractivity contribution is 7.12. The second-order valence-electron chi connectivity index (χ2n) is 8.68. The summed E-state index contributed by atoms with van der Waals surface area (Å²) >= 11 is 1.41. The average Bonchev–Trinajstić information content (AvgIpc) is 3.40. The van der Waals surface area contributed by atoms with Crippen molar-refractivity contribution in [3.8, 4) is 6.07 Å². The Kier molecular flexibility index (Phi) is 6.34. The Labute approximate surface area is 205 Å². The van der Waals surface area contributed by atoms with Gasteiger partial charge >= 0.3 is 0 Å². The molecular formula is C27H23FN4O2S. The number of benzene rings is 2. The number of aromatic amines is 1. The van der Waals surface area contributed by atoms with Crippen molar-refractivity contribution < 1.29 is 9.18 Å². The van der Waals surface area contributed by atoms with Crippen molar-refractivity contribution >= 4 is 33.8 Å². The summed E-state index contributed by atoms with van der Waals surface area (Å²) in [6, 6.07) is 18.0. The van der Waals surface area contributed by atoms with Crippen molar-refractivity contribution in [1.29, 1.82) is 5.26 Å². The Bertz CT molecular complexity index is 1460. The van der Waals surface area contributed by atoms with Crippen LogP contribution in [-0.2, 0) is 6.42 Å². The fourth-order valence-electron chi connectivity index (χ4n) is 4.62. The van der Waals surface area contributed by atoms with E-state index in [9.17, 15) is 19.2 Å². The van der Waals surface area contributed by atoms with Crippen LogP contribution in [-0.4, -0.2) is 30.0 Å². The van der Waals surface area contributed by atoms with Crippen molar-refractivity contribution in [3.05, 3.63) is 97.7 Å². The number of halogens is 1. The fourth-order valence-corrected chi connectivity index (χ4v) is 5.25. The number of nitrogens with one attached hydrogen (secondary N) is 2. The van der Waals surface area contributed by atoms with E-state index in [1.807, 2.05) is 29.6 Å². The number of amides is 1. The first-order valence-corrected chi connectivity index (χ1v) is 12.3.